The van der Waals surface area contributed by atoms with Crippen molar-refractivity contribution in [2.24, 2.45) is 11.3 Å². The van der Waals surface area contributed by atoms with E-state index < -0.39 is 11.9 Å². The fraction of sp³-hybridized carbons (Fsp3) is 0.556. The van der Waals surface area contributed by atoms with Crippen molar-refractivity contribution in [2.75, 3.05) is 19.6 Å². The van der Waals surface area contributed by atoms with Crippen LogP contribution in [-0.4, -0.2) is 41.6 Å². The van der Waals surface area contributed by atoms with E-state index in [0.29, 0.717) is 26.1 Å². The molecule has 1 atom stereocenters. The number of nitrogens with zero attached hydrogens (tertiary/aromatic N) is 1. The quantitative estimate of drug-likeness (QED) is 0.877. The minimum Gasteiger partial charge on any atom is -0.481 e. The third kappa shape index (κ3) is 3.66. The Morgan fingerprint density at radius 2 is 2.00 bits per heavy atom. The predicted octanol–water partition coefficient (Wildman–Crippen LogP) is 2.52. The van der Waals surface area contributed by atoms with Gasteiger partial charge in [-0.25, -0.2) is 4.79 Å². The smallest absolute Gasteiger partial charge is 0.317 e. The van der Waals surface area contributed by atoms with Gasteiger partial charge in [-0.1, -0.05) is 36.8 Å². The van der Waals surface area contributed by atoms with Gasteiger partial charge in [0.05, 0.1) is 5.92 Å². The summed E-state index contributed by atoms with van der Waals surface area (Å²) in [4.78, 5) is 24.9. The molecule has 1 aliphatic heterocycles. The second-order valence-electron chi connectivity index (χ2n) is 6.94. The maximum atomic E-state index is 12.3. The Balaban J connectivity index is 1.52. The van der Waals surface area contributed by atoms with Gasteiger partial charge in [-0.2, -0.15) is 0 Å². The number of urea groups is 1. The highest BCUT2D eigenvalue weighted by atomic mass is 16.4. The van der Waals surface area contributed by atoms with E-state index in [1.807, 2.05) is 6.07 Å². The molecule has 2 fully saturated rings. The van der Waals surface area contributed by atoms with Gasteiger partial charge in [-0.15, -0.1) is 0 Å². The lowest BCUT2D eigenvalue weighted by molar-refractivity contribution is -0.141. The van der Waals surface area contributed by atoms with E-state index in [-0.39, 0.29) is 11.4 Å². The third-order valence-corrected chi connectivity index (χ3v) is 5.28. The molecule has 1 aromatic rings. The molecule has 0 aromatic heterocycles. The molecule has 1 unspecified atom stereocenters. The van der Waals surface area contributed by atoms with Gasteiger partial charge in [0, 0.05) is 19.6 Å². The predicted molar refractivity (Wildman–Crippen MR) is 87.1 cm³/mol. The van der Waals surface area contributed by atoms with Crippen LogP contribution in [0.4, 0.5) is 4.79 Å². The number of hydrogen-bond acceptors (Lipinski definition) is 2. The number of likely N-dealkylation sites (tertiary alicyclic amines) is 1. The highest BCUT2D eigenvalue weighted by molar-refractivity contribution is 5.77. The fourth-order valence-electron chi connectivity index (χ4n) is 3.64. The number of benzene rings is 1. The van der Waals surface area contributed by atoms with E-state index in [4.69, 9.17) is 5.11 Å². The van der Waals surface area contributed by atoms with Crippen LogP contribution in [0.5, 0.6) is 0 Å². The molecule has 1 saturated carbocycles. The Hall–Kier alpha value is -2.04. The first-order chi connectivity index (χ1) is 11.1. The lowest BCUT2D eigenvalue weighted by atomic mass is 9.65. The van der Waals surface area contributed by atoms with Crippen molar-refractivity contribution in [3.63, 3.8) is 0 Å². The molecule has 2 N–H and O–H groups in total. The number of nitrogens with one attached hydrogen (secondary N) is 1. The summed E-state index contributed by atoms with van der Waals surface area (Å²) in [5.74, 6) is -1.22. The van der Waals surface area contributed by atoms with Crippen molar-refractivity contribution < 1.29 is 14.7 Å². The van der Waals surface area contributed by atoms with Crippen LogP contribution in [0.3, 0.4) is 0 Å². The lowest BCUT2D eigenvalue weighted by Crippen LogP contribution is -2.47. The highest BCUT2D eigenvalue weighted by Gasteiger charge is 2.38. The Labute approximate surface area is 136 Å². The molecule has 2 aliphatic rings. The summed E-state index contributed by atoms with van der Waals surface area (Å²) in [6.07, 6.45) is 5.04. The molecule has 2 amide bonds. The molecule has 124 valence electrons. The van der Waals surface area contributed by atoms with Crippen molar-refractivity contribution in [1.82, 2.24) is 10.2 Å². The van der Waals surface area contributed by atoms with Gasteiger partial charge in [0.25, 0.3) is 0 Å². The zero-order chi connectivity index (χ0) is 16.3. The zero-order valence-corrected chi connectivity index (χ0v) is 13.3. The molecule has 5 heteroatoms. The van der Waals surface area contributed by atoms with Gasteiger partial charge in [-0.05, 0) is 36.7 Å². The molecule has 1 saturated heterocycles. The van der Waals surface area contributed by atoms with Gasteiger partial charge in [0.15, 0.2) is 0 Å². The van der Waals surface area contributed by atoms with Crippen molar-refractivity contribution in [2.45, 2.75) is 32.1 Å². The fourth-order valence-corrected chi connectivity index (χ4v) is 3.64. The Morgan fingerprint density at radius 3 is 2.57 bits per heavy atom. The summed E-state index contributed by atoms with van der Waals surface area (Å²) < 4.78 is 0. The summed E-state index contributed by atoms with van der Waals surface area (Å²) in [6.45, 7) is 1.54. The lowest BCUT2D eigenvalue weighted by Gasteiger charge is -2.42. The molecule has 1 aromatic carbocycles. The number of hydrogen-bond donors (Lipinski definition) is 2. The van der Waals surface area contributed by atoms with Crippen LogP contribution in [0.25, 0.3) is 0 Å². The number of carboxylic acid groups (broad SMARTS) is 1. The minimum atomic E-state index is -0.806. The largest absolute Gasteiger partial charge is 0.481 e. The summed E-state index contributed by atoms with van der Waals surface area (Å²) in [6, 6.07) is 10.3. The molecule has 23 heavy (non-hydrogen) atoms. The van der Waals surface area contributed by atoms with Crippen molar-refractivity contribution in [1.29, 1.82) is 0 Å². The Kier molecular flexibility index (Phi) is 4.55. The maximum absolute atomic E-state index is 12.3. The number of amides is 2. The second-order valence-corrected chi connectivity index (χ2v) is 6.94. The van der Waals surface area contributed by atoms with E-state index in [0.717, 1.165) is 19.3 Å². The molecule has 5 nitrogen and oxygen atoms in total. The number of carbonyl (C=O) groups excluding carboxylic acids is 1. The summed E-state index contributed by atoms with van der Waals surface area (Å²) in [7, 11) is 0. The van der Waals surface area contributed by atoms with Gasteiger partial charge in [0.2, 0.25) is 0 Å². The van der Waals surface area contributed by atoms with Crippen molar-refractivity contribution in [3.8, 4) is 0 Å². The average Bonchev–Trinajstić information content (AvgIpc) is 3.01. The Morgan fingerprint density at radius 1 is 1.26 bits per heavy atom. The summed E-state index contributed by atoms with van der Waals surface area (Å²) in [5.41, 5.74) is 1.48. The number of rotatable bonds is 5. The molecular formula is C18H24N2O3. The SMILES string of the molecule is O=C(O)C1CCN(C(=O)NCC2(Cc3ccccc3)CCC2)C1. The van der Waals surface area contributed by atoms with Crippen LogP contribution in [0.1, 0.15) is 31.2 Å². The van der Waals surface area contributed by atoms with E-state index in [1.165, 1.54) is 12.0 Å². The molecule has 3 rings (SSSR count). The summed E-state index contributed by atoms with van der Waals surface area (Å²) in [5, 5.41) is 12.1. The summed E-state index contributed by atoms with van der Waals surface area (Å²) >= 11 is 0. The standard InChI is InChI=1S/C18H24N2O3/c21-16(22)15-7-10-20(12-15)17(23)19-13-18(8-4-9-18)11-14-5-2-1-3-6-14/h1-3,5-6,15H,4,7-13H2,(H,19,23)(H,21,22). The molecule has 1 heterocycles. The molecule has 0 spiro atoms. The third-order valence-electron chi connectivity index (χ3n) is 5.28. The second kappa shape index (κ2) is 6.60. The normalized spacial score (nSPS) is 22.4. The zero-order valence-electron chi connectivity index (χ0n) is 13.3. The van der Waals surface area contributed by atoms with Crippen LogP contribution in [-0.2, 0) is 11.2 Å². The number of carbonyl (C=O) groups is 2. The first-order valence-electron chi connectivity index (χ1n) is 8.38. The van der Waals surface area contributed by atoms with Crippen LogP contribution >= 0.6 is 0 Å². The van der Waals surface area contributed by atoms with E-state index in [9.17, 15) is 9.59 Å². The molecule has 1 aliphatic carbocycles. The van der Waals surface area contributed by atoms with E-state index in [2.05, 4.69) is 29.6 Å². The first kappa shape index (κ1) is 15.8. The monoisotopic (exact) mass is 316 g/mol. The average molecular weight is 316 g/mol. The first-order valence-corrected chi connectivity index (χ1v) is 8.38. The Bertz CT molecular complexity index is 569. The number of carboxylic acids is 1. The van der Waals surface area contributed by atoms with Crippen LogP contribution in [0.15, 0.2) is 30.3 Å². The van der Waals surface area contributed by atoms with Gasteiger partial charge in [-0.3, -0.25) is 4.79 Å². The molecule has 0 bridgehead atoms. The van der Waals surface area contributed by atoms with Gasteiger partial charge >= 0.3 is 12.0 Å². The van der Waals surface area contributed by atoms with E-state index >= 15 is 0 Å². The van der Waals surface area contributed by atoms with E-state index in [1.54, 1.807) is 4.90 Å². The maximum Gasteiger partial charge on any atom is 0.317 e. The van der Waals surface area contributed by atoms with Crippen molar-refractivity contribution >= 4 is 12.0 Å². The van der Waals surface area contributed by atoms with Crippen LogP contribution in [0.2, 0.25) is 0 Å². The number of aliphatic carboxylic acids is 1. The van der Waals surface area contributed by atoms with Crippen LogP contribution < -0.4 is 5.32 Å². The van der Waals surface area contributed by atoms with Crippen LogP contribution in [0, 0.1) is 11.3 Å². The molecular weight excluding hydrogens is 292 g/mol. The topological polar surface area (TPSA) is 69.6 Å². The van der Waals surface area contributed by atoms with Crippen molar-refractivity contribution in [3.05, 3.63) is 35.9 Å². The van der Waals surface area contributed by atoms with Gasteiger partial charge < -0.3 is 15.3 Å². The highest BCUT2D eigenvalue weighted by Crippen LogP contribution is 2.43. The van der Waals surface area contributed by atoms with Gasteiger partial charge in [0.1, 0.15) is 0 Å². The minimum absolute atomic E-state index is 0.118. The molecule has 0 radical (unpaired) electrons.